The third kappa shape index (κ3) is 1.84. The molecule has 64 valence electrons. The van der Waals surface area contributed by atoms with E-state index in [1.54, 1.807) is 0 Å². The van der Waals surface area contributed by atoms with Crippen LogP contribution in [0, 0.1) is 6.08 Å². The quantitative estimate of drug-likeness (QED) is 0.550. The van der Waals surface area contributed by atoms with Crippen LogP contribution < -0.4 is 5.32 Å². The fourth-order valence-corrected chi connectivity index (χ4v) is 0.626. The Kier molecular flexibility index (Phi) is 1.91. The highest BCUT2D eigenvalue weighted by Gasteiger charge is 2.37. The van der Waals surface area contributed by atoms with Crippen molar-refractivity contribution < 1.29 is 18.0 Å². The van der Waals surface area contributed by atoms with Crippen LogP contribution in [0.5, 0.6) is 0 Å². The topological polar surface area (TPSA) is 43.5 Å². The third-order valence-electron chi connectivity index (χ3n) is 1.04. The normalized spacial score (nSPS) is 18.2. The van der Waals surface area contributed by atoms with Gasteiger partial charge in [-0.25, -0.2) is 4.79 Å². The molecule has 0 aromatic rings. The number of halogens is 3. The van der Waals surface area contributed by atoms with Gasteiger partial charge in [-0.05, 0) is 6.92 Å². The zero-order valence-electron chi connectivity index (χ0n) is 5.94. The number of alkyl halides is 3. The molecule has 0 aromatic heterocycles. The van der Waals surface area contributed by atoms with E-state index in [4.69, 9.17) is 0 Å². The summed E-state index contributed by atoms with van der Waals surface area (Å²) in [6, 6.07) is -1.14. The minimum Gasteiger partial charge on any atom is -0.244 e. The second-order valence-electron chi connectivity index (χ2n) is 2.06. The Labute approximate surface area is 66.0 Å². The molecule has 1 aliphatic rings. The molecule has 0 bridgehead atoms. The highest BCUT2D eigenvalue weighted by Crippen LogP contribution is 2.20. The summed E-state index contributed by atoms with van der Waals surface area (Å²) in [5, 5.41) is 3.13. The lowest BCUT2D eigenvalue weighted by molar-refractivity contribution is -0.0582. The molecule has 2 amide bonds. The first-order valence-corrected chi connectivity index (χ1v) is 2.92. The van der Waals surface area contributed by atoms with Gasteiger partial charge in [-0.3, -0.25) is 0 Å². The number of carbonyl (C=O) groups excluding carboxylic acids is 1. The van der Waals surface area contributed by atoms with Gasteiger partial charge in [0.25, 0.3) is 0 Å². The zero-order valence-corrected chi connectivity index (χ0v) is 5.94. The summed E-state index contributed by atoms with van der Waals surface area (Å²) in [7, 11) is 0. The third-order valence-corrected chi connectivity index (χ3v) is 1.04. The number of hydrogen-bond donors (Lipinski definition) is 0. The highest BCUT2D eigenvalue weighted by molar-refractivity contribution is 6.05. The summed E-state index contributed by atoms with van der Waals surface area (Å²) in [6.07, 6.45) is -2.79. The molecule has 1 rings (SSSR count). The molecule has 1 heterocycles. The molecule has 0 saturated heterocycles. The van der Waals surface area contributed by atoms with Crippen LogP contribution >= 0.6 is 0 Å². The standard InChI is InChI=1S/C6H3F3N2O/c1-3-2-4(6(7,8)9)11-5(12)10-3/h1H3. The van der Waals surface area contributed by atoms with Gasteiger partial charge in [-0.2, -0.15) is 23.5 Å². The second-order valence-corrected chi connectivity index (χ2v) is 2.06. The number of nitrogens with zero attached hydrogens (tertiary/aromatic N) is 2. The summed E-state index contributed by atoms with van der Waals surface area (Å²) in [6.45, 7) is 1.25. The first kappa shape index (κ1) is 8.76. The Hall–Kier alpha value is -1.33. The largest absolute Gasteiger partial charge is 0.434 e. The first-order chi connectivity index (χ1) is 5.39. The SMILES string of the molecule is CC1=[C]C(C(F)(F)F)=NC(=O)[N]1. The molecule has 0 N–H and O–H groups in total. The molecule has 12 heavy (non-hydrogen) atoms. The van der Waals surface area contributed by atoms with Gasteiger partial charge >= 0.3 is 12.2 Å². The minimum absolute atomic E-state index is 0.109. The molecular formula is C6H3F3N2O. The fourth-order valence-electron chi connectivity index (χ4n) is 0.626. The number of hydrogen-bond acceptors (Lipinski definition) is 1. The fraction of sp³-hybridized carbons (Fsp3) is 0.333. The van der Waals surface area contributed by atoms with Crippen LogP contribution in [0.4, 0.5) is 18.0 Å². The highest BCUT2D eigenvalue weighted by atomic mass is 19.4. The Bertz CT molecular complexity index is 277. The van der Waals surface area contributed by atoms with Crippen molar-refractivity contribution in [2.24, 2.45) is 4.99 Å². The number of aliphatic imine (C=N–C) groups is 1. The average Bonchev–Trinajstić information content (AvgIpc) is 1.82. The van der Waals surface area contributed by atoms with Gasteiger partial charge in [0.05, 0.1) is 5.70 Å². The maximum absolute atomic E-state index is 11.9. The Morgan fingerprint density at radius 2 is 2.00 bits per heavy atom. The molecule has 2 radical (unpaired) electrons. The van der Waals surface area contributed by atoms with Crippen LogP contribution in [-0.4, -0.2) is 17.9 Å². The molecule has 0 aliphatic carbocycles. The van der Waals surface area contributed by atoms with E-state index in [2.05, 4.69) is 10.3 Å². The van der Waals surface area contributed by atoms with Gasteiger partial charge in [0.2, 0.25) is 0 Å². The number of urea groups is 1. The van der Waals surface area contributed by atoms with E-state index in [-0.39, 0.29) is 5.70 Å². The van der Waals surface area contributed by atoms with Crippen molar-refractivity contribution in [1.29, 1.82) is 0 Å². The Balaban J connectivity index is 2.99. The van der Waals surface area contributed by atoms with Gasteiger partial charge in [0.1, 0.15) is 0 Å². The molecule has 0 atom stereocenters. The average molecular weight is 176 g/mol. The summed E-state index contributed by atoms with van der Waals surface area (Å²) in [5.74, 6) is 0. The second kappa shape index (κ2) is 2.62. The monoisotopic (exact) mass is 176 g/mol. The summed E-state index contributed by atoms with van der Waals surface area (Å²) in [5.41, 5.74) is -1.43. The molecular weight excluding hydrogens is 173 g/mol. The van der Waals surface area contributed by atoms with Gasteiger partial charge in [-0.1, -0.05) is 0 Å². The molecule has 6 heteroatoms. The minimum atomic E-state index is -4.63. The van der Waals surface area contributed by atoms with E-state index < -0.39 is 17.9 Å². The molecule has 0 fully saturated rings. The molecule has 0 aromatic carbocycles. The Morgan fingerprint density at radius 1 is 1.42 bits per heavy atom. The maximum atomic E-state index is 11.9. The van der Waals surface area contributed by atoms with Crippen molar-refractivity contribution >= 4 is 11.7 Å². The smallest absolute Gasteiger partial charge is 0.244 e. The number of rotatable bonds is 0. The lowest BCUT2D eigenvalue weighted by atomic mass is 10.2. The van der Waals surface area contributed by atoms with Crippen LogP contribution in [0.25, 0.3) is 0 Å². The van der Waals surface area contributed by atoms with E-state index in [1.807, 2.05) is 6.08 Å². The number of amides is 2. The van der Waals surface area contributed by atoms with Gasteiger partial charge < -0.3 is 0 Å². The van der Waals surface area contributed by atoms with Crippen LogP contribution in [0.1, 0.15) is 6.92 Å². The van der Waals surface area contributed by atoms with E-state index >= 15 is 0 Å². The van der Waals surface area contributed by atoms with Crippen LogP contribution in [0.2, 0.25) is 0 Å². The van der Waals surface area contributed by atoms with Crippen molar-refractivity contribution in [1.82, 2.24) is 5.32 Å². The predicted octanol–water partition coefficient (Wildman–Crippen LogP) is 1.43. The van der Waals surface area contributed by atoms with Gasteiger partial charge in [-0.15, -0.1) is 0 Å². The molecule has 3 nitrogen and oxygen atoms in total. The summed E-state index contributed by atoms with van der Waals surface area (Å²) in [4.78, 5) is 13.1. The summed E-state index contributed by atoms with van der Waals surface area (Å²) >= 11 is 0. The van der Waals surface area contributed by atoms with Crippen molar-refractivity contribution in [3.05, 3.63) is 11.8 Å². The molecule has 0 unspecified atom stereocenters. The number of allylic oxidation sites excluding steroid dienone is 2. The van der Waals surface area contributed by atoms with Crippen molar-refractivity contribution in [3.8, 4) is 0 Å². The van der Waals surface area contributed by atoms with E-state index in [0.29, 0.717) is 0 Å². The maximum Gasteiger partial charge on any atom is 0.434 e. The van der Waals surface area contributed by atoms with Crippen molar-refractivity contribution in [2.75, 3.05) is 0 Å². The molecule has 1 aliphatic heterocycles. The van der Waals surface area contributed by atoms with Crippen LogP contribution in [-0.2, 0) is 0 Å². The van der Waals surface area contributed by atoms with Crippen LogP contribution in [0.3, 0.4) is 0 Å². The van der Waals surface area contributed by atoms with E-state index in [9.17, 15) is 18.0 Å². The number of carbonyl (C=O) groups is 1. The summed E-state index contributed by atoms with van der Waals surface area (Å²) < 4.78 is 35.7. The van der Waals surface area contributed by atoms with Crippen molar-refractivity contribution in [2.45, 2.75) is 13.1 Å². The lowest BCUT2D eigenvalue weighted by Crippen LogP contribution is -2.28. The lowest BCUT2D eigenvalue weighted by Gasteiger charge is -2.09. The Morgan fingerprint density at radius 3 is 2.42 bits per heavy atom. The molecule has 0 spiro atoms. The van der Waals surface area contributed by atoms with Gasteiger partial charge in [0.15, 0.2) is 5.71 Å². The van der Waals surface area contributed by atoms with Gasteiger partial charge in [0, 0.05) is 6.08 Å². The van der Waals surface area contributed by atoms with Crippen molar-refractivity contribution in [3.63, 3.8) is 0 Å². The first-order valence-electron chi connectivity index (χ1n) is 2.92. The van der Waals surface area contributed by atoms with E-state index in [1.165, 1.54) is 6.92 Å². The van der Waals surface area contributed by atoms with E-state index in [0.717, 1.165) is 0 Å². The predicted molar refractivity (Wildman–Crippen MR) is 33.5 cm³/mol. The van der Waals surface area contributed by atoms with Crippen LogP contribution in [0.15, 0.2) is 10.7 Å². The molecule has 0 saturated carbocycles. The zero-order chi connectivity index (χ0) is 9.35.